The van der Waals surface area contributed by atoms with Gasteiger partial charge in [0.2, 0.25) is 0 Å². The molecule has 1 aromatic carbocycles. The van der Waals surface area contributed by atoms with Crippen molar-refractivity contribution in [1.29, 1.82) is 0 Å². The van der Waals surface area contributed by atoms with Gasteiger partial charge in [0.25, 0.3) is 5.56 Å². The Bertz CT molecular complexity index is 925. The van der Waals surface area contributed by atoms with E-state index in [1.54, 1.807) is 0 Å². The van der Waals surface area contributed by atoms with E-state index in [1.807, 2.05) is 29.6 Å². The van der Waals surface area contributed by atoms with Crippen molar-refractivity contribution >= 4 is 27.5 Å². The molecule has 0 unspecified atom stereocenters. The molecule has 3 aromatic rings. The van der Waals surface area contributed by atoms with Gasteiger partial charge in [-0.1, -0.05) is 31.2 Å². The highest BCUT2D eigenvalue weighted by Crippen LogP contribution is 2.31. The molecule has 0 spiro atoms. The number of hydrogen-bond donors (Lipinski definition) is 1. The van der Waals surface area contributed by atoms with Crippen molar-refractivity contribution in [3.63, 3.8) is 0 Å². The number of benzene rings is 1. The summed E-state index contributed by atoms with van der Waals surface area (Å²) in [6, 6.07) is 7.09. The molecule has 0 aliphatic heterocycles. The largest absolute Gasteiger partial charge is 0.480 e. The van der Waals surface area contributed by atoms with E-state index in [9.17, 15) is 9.59 Å². The predicted molar refractivity (Wildman–Crippen MR) is 91.0 cm³/mol. The molecule has 0 amide bonds. The van der Waals surface area contributed by atoms with Crippen LogP contribution in [-0.2, 0) is 11.2 Å². The molecule has 0 bridgehead atoms. The van der Waals surface area contributed by atoms with Crippen LogP contribution in [0.25, 0.3) is 21.3 Å². The summed E-state index contributed by atoms with van der Waals surface area (Å²) in [6.45, 7) is 3.56. The van der Waals surface area contributed by atoms with E-state index in [0.717, 1.165) is 17.5 Å². The van der Waals surface area contributed by atoms with Crippen LogP contribution < -0.4 is 5.56 Å². The van der Waals surface area contributed by atoms with Gasteiger partial charge in [-0.25, -0.2) is 9.78 Å². The van der Waals surface area contributed by atoms with E-state index in [-0.39, 0.29) is 5.56 Å². The molecule has 5 nitrogen and oxygen atoms in total. The summed E-state index contributed by atoms with van der Waals surface area (Å²) in [6.07, 6.45) is 2.26. The van der Waals surface area contributed by atoms with Gasteiger partial charge in [-0.15, -0.1) is 11.3 Å². The minimum atomic E-state index is -1.06. The summed E-state index contributed by atoms with van der Waals surface area (Å²) in [4.78, 5) is 28.8. The first-order chi connectivity index (χ1) is 11.0. The minimum Gasteiger partial charge on any atom is -0.480 e. The Morgan fingerprint density at radius 3 is 2.65 bits per heavy atom. The van der Waals surface area contributed by atoms with Crippen molar-refractivity contribution in [2.24, 2.45) is 0 Å². The fourth-order valence-electron chi connectivity index (χ4n) is 2.47. The molecule has 0 fully saturated rings. The van der Waals surface area contributed by atoms with E-state index in [4.69, 9.17) is 5.11 Å². The number of thiophene rings is 1. The smallest absolute Gasteiger partial charge is 0.326 e. The zero-order valence-corrected chi connectivity index (χ0v) is 13.6. The van der Waals surface area contributed by atoms with Crippen molar-refractivity contribution < 1.29 is 9.90 Å². The third-order valence-electron chi connectivity index (χ3n) is 3.97. The second-order valence-electron chi connectivity index (χ2n) is 5.35. The lowest BCUT2D eigenvalue weighted by atomic mass is 10.0. The van der Waals surface area contributed by atoms with Gasteiger partial charge in [-0.3, -0.25) is 9.36 Å². The predicted octanol–water partition coefficient (Wildman–Crippen LogP) is 3.33. The highest BCUT2D eigenvalue weighted by Gasteiger charge is 2.19. The molecule has 0 aliphatic rings. The van der Waals surface area contributed by atoms with Crippen LogP contribution in [0, 0.1) is 0 Å². The van der Waals surface area contributed by atoms with E-state index in [0.29, 0.717) is 10.2 Å². The second-order valence-corrected chi connectivity index (χ2v) is 6.21. The number of carboxylic acids is 1. The minimum absolute atomic E-state index is 0.319. The first-order valence-corrected chi connectivity index (χ1v) is 8.21. The number of aliphatic carboxylic acids is 1. The Kier molecular flexibility index (Phi) is 4.00. The number of carboxylic acid groups (broad SMARTS) is 1. The van der Waals surface area contributed by atoms with Crippen molar-refractivity contribution in [1.82, 2.24) is 9.55 Å². The number of carbonyl (C=O) groups is 1. The van der Waals surface area contributed by atoms with E-state index >= 15 is 0 Å². The molecule has 0 aliphatic carbocycles. The fourth-order valence-corrected chi connectivity index (χ4v) is 3.38. The lowest BCUT2D eigenvalue weighted by molar-refractivity contribution is -0.140. The quantitative estimate of drug-likeness (QED) is 0.797. The third-order valence-corrected chi connectivity index (χ3v) is 4.85. The van der Waals surface area contributed by atoms with Gasteiger partial charge >= 0.3 is 5.97 Å². The number of aryl methyl sites for hydroxylation is 1. The van der Waals surface area contributed by atoms with Gasteiger partial charge < -0.3 is 5.11 Å². The van der Waals surface area contributed by atoms with Gasteiger partial charge in [0, 0.05) is 10.9 Å². The Balaban J connectivity index is 2.20. The first-order valence-electron chi connectivity index (χ1n) is 7.33. The SMILES string of the molecule is CCc1ccc(-c2csc3ncn([C@@H](C)C(=O)O)c(=O)c23)cc1. The summed E-state index contributed by atoms with van der Waals surface area (Å²) in [5.41, 5.74) is 2.65. The highest BCUT2D eigenvalue weighted by atomic mass is 32.1. The lowest BCUT2D eigenvalue weighted by Gasteiger charge is -2.10. The Hall–Kier alpha value is -2.47. The lowest BCUT2D eigenvalue weighted by Crippen LogP contribution is -2.28. The summed E-state index contributed by atoms with van der Waals surface area (Å²) >= 11 is 1.39. The van der Waals surface area contributed by atoms with Crippen LogP contribution in [-0.4, -0.2) is 20.6 Å². The monoisotopic (exact) mass is 328 g/mol. The van der Waals surface area contributed by atoms with Gasteiger partial charge in [0.1, 0.15) is 10.9 Å². The molecular weight excluding hydrogens is 312 g/mol. The Morgan fingerprint density at radius 1 is 1.35 bits per heavy atom. The molecule has 0 saturated heterocycles. The summed E-state index contributed by atoms with van der Waals surface area (Å²) in [7, 11) is 0. The molecule has 1 N–H and O–H groups in total. The normalized spacial score (nSPS) is 12.4. The molecular formula is C17H16N2O3S. The maximum atomic E-state index is 12.7. The van der Waals surface area contributed by atoms with Crippen LogP contribution in [0.1, 0.15) is 25.5 Å². The van der Waals surface area contributed by atoms with Crippen LogP contribution in [0.4, 0.5) is 0 Å². The second kappa shape index (κ2) is 5.96. The maximum Gasteiger partial charge on any atom is 0.326 e. The number of nitrogens with zero attached hydrogens (tertiary/aromatic N) is 2. The van der Waals surface area contributed by atoms with E-state index < -0.39 is 12.0 Å². The van der Waals surface area contributed by atoms with E-state index in [1.165, 1.54) is 34.7 Å². The fraction of sp³-hybridized carbons (Fsp3) is 0.235. The highest BCUT2D eigenvalue weighted by molar-refractivity contribution is 7.17. The molecule has 6 heteroatoms. The van der Waals surface area contributed by atoms with Crippen LogP contribution >= 0.6 is 11.3 Å². The van der Waals surface area contributed by atoms with Crippen molar-refractivity contribution in [2.45, 2.75) is 26.3 Å². The number of hydrogen-bond acceptors (Lipinski definition) is 4. The van der Waals surface area contributed by atoms with Crippen LogP contribution in [0.15, 0.2) is 40.8 Å². The molecule has 118 valence electrons. The van der Waals surface area contributed by atoms with E-state index in [2.05, 4.69) is 11.9 Å². The van der Waals surface area contributed by atoms with Crippen LogP contribution in [0.2, 0.25) is 0 Å². The van der Waals surface area contributed by atoms with Crippen LogP contribution in [0.3, 0.4) is 0 Å². The standard InChI is InChI=1S/C17H16N2O3S/c1-3-11-4-6-12(7-5-11)13-8-23-15-14(13)16(20)19(9-18-15)10(2)17(21)22/h4-10H,3H2,1-2H3,(H,21,22)/t10-/m0/s1. The van der Waals surface area contributed by atoms with Crippen molar-refractivity contribution in [2.75, 3.05) is 0 Å². The van der Waals surface area contributed by atoms with Gasteiger partial charge in [0.15, 0.2) is 0 Å². The molecule has 2 aromatic heterocycles. The summed E-state index contributed by atoms with van der Waals surface area (Å²) in [5.74, 6) is -1.06. The number of rotatable bonds is 4. The molecule has 2 heterocycles. The number of aromatic nitrogens is 2. The molecule has 1 atom stereocenters. The van der Waals surface area contributed by atoms with Crippen molar-refractivity contribution in [3.05, 3.63) is 51.9 Å². The third kappa shape index (κ3) is 2.66. The summed E-state index contributed by atoms with van der Waals surface area (Å²) in [5, 5.41) is 11.5. The average Bonchev–Trinajstić information content (AvgIpc) is 2.99. The van der Waals surface area contributed by atoms with Crippen molar-refractivity contribution in [3.8, 4) is 11.1 Å². The number of fused-ring (bicyclic) bond motifs is 1. The first kappa shape index (κ1) is 15.4. The topological polar surface area (TPSA) is 72.2 Å². The Labute approximate surface area is 136 Å². The molecule has 3 rings (SSSR count). The summed E-state index contributed by atoms with van der Waals surface area (Å²) < 4.78 is 1.17. The zero-order chi connectivity index (χ0) is 16.6. The zero-order valence-electron chi connectivity index (χ0n) is 12.8. The molecule has 23 heavy (non-hydrogen) atoms. The Morgan fingerprint density at radius 2 is 2.04 bits per heavy atom. The van der Waals surface area contributed by atoms with Crippen LogP contribution in [0.5, 0.6) is 0 Å². The van der Waals surface area contributed by atoms with Gasteiger partial charge in [-0.05, 0) is 24.5 Å². The average molecular weight is 328 g/mol. The molecule has 0 saturated carbocycles. The van der Waals surface area contributed by atoms with Gasteiger partial charge in [0.05, 0.1) is 11.7 Å². The maximum absolute atomic E-state index is 12.7. The molecule has 0 radical (unpaired) electrons. The van der Waals surface area contributed by atoms with Gasteiger partial charge in [-0.2, -0.15) is 0 Å².